The van der Waals surface area contributed by atoms with E-state index in [0.717, 1.165) is 38.1 Å². The van der Waals surface area contributed by atoms with E-state index in [1.807, 2.05) is 51.1 Å². The average Bonchev–Trinajstić information content (AvgIpc) is 2.88. The lowest BCUT2D eigenvalue weighted by molar-refractivity contribution is 0.561. The van der Waals surface area contributed by atoms with E-state index in [2.05, 4.69) is 27.0 Å². The number of fused-ring (bicyclic) bond motifs is 1. The monoisotopic (exact) mass is 365 g/mol. The van der Waals surface area contributed by atoms with Gasteiger partial charge in [0.1, 0.15) is 5.52 Å². The van der Waals surface area contributed by atoms with Crippen LogP contribution in [0.4, 0.5) is 0 Å². The molecule has 0 amide bonds. The molecule has 4 heteroatoms. The minimum absolute atomic E-state index is 0.671. The SMILES string of the molecule is CC.Cc1nc2c(-c3cccc(Cl)c3)cc(CBr)cc2o1. The molecule has 0 bridgehead atoms. The van der Waals surface area contributed by atoms with Gasteiger partial charge < -0.3 is 4.42 Å². The number of oxazole rings is 1. The van der Waals surface area contributed by atoms with E-state index in [0.29, 0.717) is 5.89 Å². The zero-order valence-corrected chi connectivity index (χ0v) is 14.6. The van der Waals surface area contributed by atoms with Gasteiger partial charge in [-0.3, -0.25) is 0 Å². The Labute approximate surface area is 138 Å². The number of alkyl halides is 1. The van der Waals surface area contributed by atoms with Gasteiger partial charge in [-0.05, 0) is 35.4 Å². The predicted octanol–water partition coefficient (Wildman–Crippen LogP) is 6.38. The largest absolute Gasteiger partial charge is 0.441 e. The number of halogens is 2. The van der Waals surface area contributed by atoms with Gasteiger partial charge in [0.25, 0.3) is 0 Å². The summed E-state index contributed by atoms with van der Waals surface area (Å²) >= 11 is 9.55. The van der Waals surface area contributed by atoms with E-state index >= 15 is 0 Å². The molecular weight excluding hydrogens is 350 g/mol. The molecule has 1 aromatic heterocycles. The van der Waals surface area contributed by atoms with E-state index in [9.17, 15) is 0 Å². The summed E-state index contributed by atoms with van der Waals surface area (Å²) in [6, 6.07) is 11.9. The van der Waals surface area contributed by atoms with Crippen molar-refractivity contribution in [1.82, 2.24) is 4.98 Å². The molecule has 0 radical (unpaired) electrons. The molecule has 0 N–H and O–H groups in total. The third-order valence-electron chi connectivity index (χ3n) is 2.95. The van der Waals surface area contributed by atoms with Crippen LogP contribution in [-0.4, -0.2) is 4.98 Å². The van der Waals surface area contributed by atoms with Crippen LogP contribution in [0.1, 0.15) is 25.3 Å². The maximum atomic E-state index is 6.07. The highest BCUT2D eigenvalue weighted by molar-refractivity contribution is 9.08. The van der Waals surface area contributed by atoms with E-state index in [1.54, 1.807) is 0 Å². The van der Waals surface area contributed by atoms with Crippen molar-refractivity contribution in [3.05, 3.63) is 52.9 Å². The molecule has 2 nitrogen and oxygen atoms in total. The Bertz CT molecular complexity index is 752. The zero-order chi connectivity index (χ0) is 15.4. The Balaban J connectivity index is 0.000000774. The predicted molar refractivity (Wildman–Crippen MR) is 93.2 cm³/mol. The highest BCUT2D eigenvalue weighted by Crippen LogP contribution is 2.32. The summed E-state index contributed by atoms with van der Waals surface area (Å²) in [6.07, 6.45) is 0. The quantitative estimate of drug-likeness (QED) is 0.492. The van der Waals surface area contributed by atoms with Crippen LogP contribution in [0, 0.1) is 6.92 Å². The van der Waals surface area contributed by atoms with Crippen LogP contribution in [0.5, 0.6) is 0 Å². The summed E-state index contributed by atoms with van der Waals surface area (Å²) in [6.45, 7) is 5.86. The first-order chi connectivity index (χ1) is 10.2. The molecule has 0 fully saturated rings. The number of hydrogen-bond donors (Lipinski definition) is 0. The number of nitrogens with zero attached hydrogens (tertiary/aromatic N) is 1. The van der Waals surface area contributed by atoms with Crippen LogP contribution in [0.15, 0.2) is 40.8 Å². The number of benzene rings is 2. The van der Waals surface area contributed by atoms with E-state index < -0.39 is 0 Å². The smallest absolute Gasteiger partial charge is 0.192 e. The number of aromatic nitrogens is 1. The highest BCUT2D eigenvalue weighted by Gasteiger charge is 2.11. The van der Waals surface area contributed by atoms with Crippen LogP contribution in [0.2, 0.25) is 5.02 Å². The number of hydrogen-bond acceptors (Lipinski definition) is 2. The summed E-state index contributed by atoms with van der Waals surface area (Å²) in [5, 5.41) is 1.49. The molecule has 3 rings (SSSR count). The normalized spacial score (nSPS) is 10.3. The van der Waals surface area contributed by atoms with Gasteiger partial charge in [0, 0.05) is 22.8 Å². The second kappa shape index (κ2) is 7.10. The molecule has 0 saturated carbocycles. The minimum atomic E-state index is 0.671. The Kier molecular flexibility index (Phi) is 5.43. The van der Waals surface area contributed by atoms with Gasteiger partial charge in [0.2, 0.25) is 0 Å². The van der Waals surface area contributed by atoms with Crippen molar-refractivity contribution in [1.29, 1.82) is 0 Å². The lowest BCUT2D eigenvalue weighted by Crippen LogP contribution is -1.85. The Morgan fingerprint density at radius 3 is 2.62 bits per heavy atom. The lowest BCUT2D eigenvalue weighted by atomic mass is 10.0. The average molecular weight is 367 g/mol. The molecule has 0 aliphatic carbocycles. The van der Waals surface area contributed by atoms with E-state index in [1.165, 1.54) is 0 Å². The molecule has 0 spiro atoms. The second-order valence-electron chi connectivity index (χ2n) is 4.37. The molecule has 2 aromatic carbocycles. The van der Waals surface area contributed by atoms with Crippen molar-refractivity contribution in [2.45, 2.75) is 26.1 Å². The highest BCUT2D eigenvalue weighted by atomic mass is 79.9. The fourth-order valence-electron chi connectivity index (χ4n) is 2.15. The molecule has 3 aromatic rings. The van der Waals surface area contributed by atoms with Crippen LogP contribution in [-0.2, 0) is 5.33 Å². The number of rotatable bonds is 2. The fourth-order valence-corrected chi connectivity index (χ4v) is 2.66. The van der Waals surface area contributed by atoms with Crippen molar-refractivity contribution in [3.8, 4) is 11.1 Å². The maximum absolute atomic E-state index is 6.07. The lowest BCUT2D eigenvalue weighted by Gasteiger charge is -2.05. The third kappa shape index (κ3) is 3.47. The Morgan fingerprint density at radius 1 is 1.19 bits per heavy atom. The van der Waals surface area contributed by atoms with Gasteiger partial charge in [-0.15, -0.1) is 0 Å². The molecule has 0 aliphatic heterocycles. The third-order valence-corrected chi connectivity index (χ3v) is 3.83. The van der Waals surface area contributed by atoms with Gasteiger partial charge in [-0.25, -0.2) is 4.98 Å². The van der Waals surface area contributed by atoms with Crippen LogP contribution >= 0.6 is 27.5 Å². The van der Waals surface area contributed by atoms with Gasteiger partial charge in [-0.2, -0.15) is 0 Å². The summed E-state index contributed by atoms with van der Waals surface area (Å²) in [4.78, 5) is 4.47. The maximum Gasteiger partial charge on any atom is 0.192 e. The van der Waals surface area contributed by atoms with E-state index in [4.69, 9.17) is 16.0 Å². The molecule has 0 aliphatic rings. The Morgan fingerprint density at radius 2 is 1.95 bits per heavy atom. The molecular formula is C17H17BrClNO. The number of aryl methyl sites for hydroxylation is 1. The van der Waals surface area contributed by atoms with Gasteiger partial charge in [-0.1, -0.05) is 53.5 Å². The molecule has 110 valence electrons. The molecule has 0 saturated heterocycles. The summed E-state index contributed by atoms with van der Waals surface area (Å²) < 4.78 is 5.64. The zero-order valence-electron chi connectivity index (χ0n) is 12.3. The van der Waals surface area contributed by atoms with Crippen LogP contribution in [0.3, 0.4) is 0 Å². The van der Waals surface area contributed by atoms with Crippen LogP contribution < -0.4 is 0 Å². The first kappa shape index (κ1) is 16.1. The summed E-state index contributed by atoms with van der Waals surface area (Å²) in [7, 11) is 0. The first-order valence-electron chi connectivity index (χ1n) is 6.89. The minimum Gasteiger partial charge on any atom is -0.441 e. The fraction of sp³-hybridized carbons (Fsp3) is 0.235. The molecule has 0 unspecified atom stereocenters. The van der Waals surface area contributed by atoms with Gasteiger partial charge in [0.15, 0.2) is 11.5 Å². The van der Waals surface area contributed by atoms with E-state index in [-0.39, 0.29) is 0 Å². The Hall–Kier alpha value is -1.32. The summed E-state index contributed by atoms with van der Waals surface area (Å²) in [5.41, 5.74) is 4.94. The van der Waals surface area contributed by atoms with Gasteiger partial charge >= 0.3 is 0 Å². The molecule has 0 atom stereocenters. The first-order valence-corrected chi connectivity index (χ1v) is 8.39. The van der Waals surface area contributed by atoms with Gasteiger partial charge in [0.05, 0.1) is 0 Å². The topological polar surface area (TPSA) is 26.0 Å². The van der Waals surface area contributed by atoms with Crippen molar-refractivity contribution in [3.63, 3.8) is 0 Å². The second-order valence-corrected chi connectivity index (χ2v) is 5.36. The molecule has 21 heavy (non-hydrogen) atoms. The standard InChI is InChI=1S/C15H11BrClNO.C2H6/c1-9-18-15-13(11-3-2-4-12(17)7-11)5-10(8-16)6-14(15)19-9;1-2/h2-7H,8H2,1H3;1-2H3. The van der Waals surface area contributed by atoms with Crippen LogP contribution in [0.25, 0.3) is 22.2 Å². The molecule has 1 heterocycles. The van der Waals surface area contributed by atoms with Crippen molar-refractivity contribution < 1.29 is 4.42 Å². The van der Waals surface area contributed by atoms with Crippen molar-refractivity contribution >= 4 is 38.6 Å². The summed E-state index contributed by atoms with van der Waals surface area (Å²) in [5.74, 6) is 0.671. The van der Waals surface area contributed by atoms with Crippen molar-refractivity contribution in [2.75, 3.05) is 0 Å². The van der Waals surface area contributed by atoms with Crippen molar-refractivity contribution in [2.24, 2.45) is 0 Å².